The second-order valence-electron chi connectivity index (χ2n) is 7.96. The molecule has 0 unspecified atom stereocenters. The first-order valence-electron chi connectivity index (χ1n) is 11.3. The zero-order chi connectivity index (χ0) is 25.1. The fraction of sp³-hybridized carbons (Fsp3) is 0.103. The molecule has 0 fully saturated rings. The van der Waals surface area contributed by atoms with Gasteiger partial charge in [0.1, 0.15) is 17.2 Å². The van der Waals surface area contributed by atoms with E-state index in [9.17, 15) is 4.79 Å². The zero-order valence-electron chi connectivity index (χ0n) is 20.1. The van der Waals surface area contributed by atoms with Gasteiger partial charge in [0.2, 0.25) is 0 Å². The molecule has 36 heavy (non-hydrogen) atoms. The largest absolute Gasteiger partial charge is 0.497 e. The van der Waals surface area contributed by atoms with E-state index < -0.39 is 0 Å². The molecular weight excluding hydrogens is 456 g/mol. The molecule has 0 aliphatic heterocycles. The smallest absolute Gasteiger partial charge is 0.262 e. The number of ether oxygens (including phenoxy) is 4. The van der Waals surface area contributed by atoms with Crippen molar-refractivity contribution in [1.82, 2.24) is 9.55 Å². The Kier molecular flexibility index (Phi) is 6.28. The lowest BCUT2D eigenvalue weighted by Gasteiger charge is -2.13. The fourth-order valence-corrected chi connectivity index (χ4v) is 4.04. The van der Waals surface area contributed by atoms with Gasteiger partial charge in [-0.05, 0) is 54.1 Å². The summed E-state index contributed by atoms with van der Waals surface area (Å²) in [5.74, 6) is 3.14. The Balaban J connectivity index is 1.46. The van der Waals surface area contributed by atoms with Crippen molar-refractivity contribution >= 4 is 10.9 Å². The highest BCUT2D eigenvalue weighted by atomic mass is 16.5. The van der Waals surface area contributed by atoms with Gasteiger partial charge in [0.05, 0.1) is 32.5 Å². The lowest BCUT2D eigenvalue weighted by Crippen LogP contribution is -2.19. The number of hydrogen-bond acceptors (Lipinski definition) is 6. The van der Waals surface area contributed by atoms with E-state index in [-0.39, 0.29) is 5.56 Å². The summed E-state index contributed by atoms with van der Waals surface area (Å²) in [7, 11) is 4.78. The third kappa shape index (κ3) is 4.34. The molecule has 0 saturated carbocycles. The van der Waals surface area contributed by atoms with Crippen molar-refractivity contribution < 1.29 is 18.9 Å². The Morgan fingerprint density at radius 3 is 2.25 bits per heavy atom. The van der Waals surface area contributed by atoms with Gasteiger partial charge < -0.3 is 18.9 Å². The van der Waals surface area contributed by atoms with Crippen LogP contribution in [0.25, 0.3) is 27.7 Å². The van der Waals surface area contributed by atoms with Gasteiger partial charge in [0, 0.05) is 35.5 Å². The number of fused-ring (bicyclic) bond motifs is 1. The molecule has 2 heterocycles. The molecule has 0 bridgehead atoms. The predicted molar refractivity (Wildman–Crippen MR) is 139 cm³/mol. The monoisotopic (exact) mass is 480 g/mol. The van der Waals surface area contributed by atoms with Gasteiger partial charge in [-0.3, -0.25) is 14.3 Å². The maximum Gasteiger partial charge on any atom is 0.262 e. The summed E-state index contributed by atoms with van der Waals surface area (Å²) in [5, 5.41) is 0.795. The van der Waals surface area contributed by atoms with Crippen molar-refractivity contribution in [3.63, 3.8) is 0 Å². The van der Waals surface area contributed by atoms with Crippen LogP contribution in [0.15, 0.2) is 96.1 Å². The van der Waals surface area contributed by atoms with E-state index in [4.69, 9.17) is 18.9 Å². The Hall–Kier alpha value is -4.78. The van der Waals surface area contributed by atoms with Crippen LogP contribution in [0.5, 0.6) is 28.7 Å². The second-order valence-corrected chi connectivity index (χ2v) is 7.96. The SMILES string of the molecule is COc1cccc(-n2cccc(-c3ccc(Oc4ccnc5cc(OC)c(OC)cc45)cc3)c2=O)c1. The van der Waals surface area contributed by atoms with Gasteiger partial charge in [-0.2, -0.15) is 0 Å². The van der Waals surface area contributed by atoms with E-state index in [1.54, 1.807) is 44.4 Å². The number of benzene rings is 3. The van der Waals surface area contributed by atoms with E-state index in [0.29, 0.717) is 34.3 Å². The summed E-state index contributed by atoms with van der Waals surface area (Å²) in [6.07, 6.45) is 3.43. The molecule has 0 aliphatic carbocycles. The standard InChI is InChI=1S/C29H24N2O5/c1-33-22-7-4-6-20(16-22)31-15-5-8-23(29(31)32)19-9-11-21(12-10-19)36-26-13-14-30-25-18-28(35-3)27(34-2)17-24(25)26/h4-18H,1-3H3. The summed E-state index contributed by atoms with van der Waals surface area (Å²) in [6, 6.07) is 23.9. The average molecular weight is 481 g/mol. The molecule has 0 radical (unpaired) electrons. The third-order valence-electron chi connectivity index (χ3n) is 5.88. The van der Waals surface area contributed by atoms with Gasteiger partial charge in [0.25, 0.3) is 5.56 Å². The third-order valence-corrected chi connectivity index (χ3v) is 5.88. The molecule has 3 aromatic carbocycles. The minimum atomic E-state index is -0.124. The molecule has 7 nitrogen and oxygen atoms in total. The van der Waals surface area contributed by atoms with E-state index in [2.05, 4.69) is 4.98 Å². The minimum Gasteiger partial charge on any atom is -0.497 e. The molecule has 0 N–H and O–H groups in total. The maximum absolute atomic E-state index is 13.3. The van der Waals surface area contributed by atoms with E-state index >= 15 is 0 Å². The van der Waals surface area contributed by atoms with Crippen LogP contribution in [0, 0.1) is 0 Å². The minimum absolute atomic E-state index is 0.124. The Morgan fingerprint density at radius 2 is 1.50 bits per heavy atom. The fourth-order valence-electron chi connectivity index (χ4n) is 4.04. The molecule has 5 aromatic rings. The number of rotatable bonds is 7. The Morgan fingerprint density at radius 1 is 0.722 bits per heavy atom. The Labute approximate surface area is 208 Å². The molecule has 0 atom stereocenters. The van der Waals surface area contributed by atoms with Crippen LogP contribution in [-0.2, 0) is 0 Å². The summed E-state index contributed by atoms with van der Waals surface area (Å²) in [5.41, 5.74) is 2.70. The van der Waals surface area contributed by atoms with Gasteiger partial charge in [-0.1, -0.05) is 18.2 Å². The van der Waals surface area contributed by atoms with Crippen molar-refractivity contribution in [2.75, 3.05) is 21.3 Å². The number of methoxy groups -OCH3 is 3. The first kappa shape index (κ1) is 23.0. The van der Waals surface area contributed by atoms with Crippen LogP contribution in [0.4, 0.5) is 0 Å². The van der Waals surface area contributed by atoms with Crippen molar-refractivity contribution in [3.05, 3.63) is 102 Å². The van der Waals surface area contributed by atoms with Crippen molar-refractivity contribution in [2.45, 2.75) is 0 Å². The van der Waals surface area contributed by atoms with Crippen LogP contribution in [0.1, 0.15) is 0 Å². The van der Waals surface area contributed by atoms with Gasteiger partial charge in [0.15, 0.2) is 11.5 Å². The summed E-state index contributed by atoms with van der Waals surface area (Å²) >= 11 is 0. The lowest BCUT2D eigenvalue weighted by atomic mass is 10.1. The van der Waals surface area contributed by atoms with Crippen LogP contribution < -0.4 is 24.5 Å². The highest BCUT2D eigenvalue weighted by Gasteiger charge is 2.12. The van der Waals surface area contributed by atoms with Gasteiger partial charge in [-0.15, -0.1) is 0 Å². The number of hydrogen-bond donors (Lipinski definition) is 0. The highest BCUT2D eigenvalue weighted by Crippen LogP contribution is 2.37. The van der Waals surface area contributed by atoms with Gasteiger partial charge in [-0.25, -0.2) is 0 Å². The first-order valence-corrected chi connectivity index (χ1v) is 11.3. The number of nitrogens with zero attached hydrogens (tertiary/aromatic N) is 2. The summed E-state index contributed by atoms with van der Waals surface area (Å²) in [6.45, 7) is 0. The summed E-state index contributed by atoms with van der Waals surface area (Å²) < 4.78 is 23.9. The van der Waals surface area contributed by atoms with Crippen LogP contribution in [0.3, 0.4) is 0 Å². The van der Waals surface area contributed by atoms with Crippen LogP contribution >= 0.6 is 0 Å². The predicted octanol–water partition coefficient (Wildman–Crippen LogP) is 5.87. The molecule has 0 aliphatic rings. The maximum atomic E-state index is 13.3. The molecule has 2 aromatic heterocycles. The van der Waals surface area contributed by atoms with Gasteiger partial charge >= 0.3 is 0 Å². The quantitative estimate of drug-likeness (QED) is 0.290. The molecule has 180 valence electrons. The normalized spacial score (nSPS) is 10.8. The molecule has 0 spiro atoms. The van der Waals surface area contributed by atoms with Crippen LogP contribution in [-0.4, -0.2) is 30.9 Å². The molecule has 0 saturated heterocycles. The second kappa shape index (κ2) is 9.84. The summed E-state index contributed by atoms with van der Waals surface area (Å²) in [4.78, 5) is 17.7. The molecule has 7 heteroatoms. The Bertz CT molecular complexity index is 1590. The van der Waals surface area contributed by atoms with Crippen molar-refractivity contribution in [2.24, 2.45) is 0 Å². The highest BCUT2D eigenvalue weighted by molar-refractivity contribution is 5.88. The zero-order valence-corrected chi connectivity index (χ0v) is 20.1. The van der Waals surface area contributed by atoms with E-state index in [1.807, 2.05) is 72.8 Å². The topological polar surface area (TPSA) is 71.8 Å². The van der Waals surface area contributed by atoms with E-state index in [1.165, 1.54) is 0 Å². The molecule has 0 amide bonds. The average Bonchev–Trinajstić information content (AvgIpc) is 2.93. The van der Waals surface area contributed by atoms with Crippen molar-refractivity contribution in [1.29, 1.82) is 0 Å². The molecular formula is C29H24N2O5. The van der Waals surface area contributed by atoms with Crippen molar-refractivity contribution in [3.8, 4) is 45.6 Å². The molecule has 5 rings (SSSR count). The van der Waals surface area contributed by atoms with E-state index in [0.717, 1.165) is 22.2 Å². The lowest BCUT2D eigenvalue weighted by molar-refractivity contribution is 0.355. The van der Waals surface area contributed by atoms with Crippen LogP contribution in [0.2, 0.25) is 0 Å². The first-order chi connectivity index (χ1) is 17.6. The number of aromatic nitrogens is 2. The number of pyridine rings is 2.